The molecule has 0 aliphatic carbocycles. The molecule has 0 radical (unpaired) electrons. The fourth-order valence-corrected chi connectivity index (χ4v) is 3.28. The lowest BCUT2D eigenvalue weighted by atomic mass is 10.2. The predicted molar refractivity (Wildman–Crippen MR) is 90.0 cm³/mol. The van der Waals surface area contributed by atoms with Crippen molar-refractivity contribution in [2.24, 2.45) is 0 Å². The van der Waals surface area contributed by atoms with Gasteiger partial charge < -0.3 is 10.1 Å². The number of hydrogen-bond acceptors (Lipinski definition) is 6. The first-order valence-corrected chi connectivity index (χ1v) is 8.54. The summed E-state index contributed by atoms with van der Waals surface area (Å²) in [6.07, 6.45) is 3.30. The SMILES string of the molecule is COc1ccc(CNC(=O)Cc2csc(N3CCCC3=O)n2)cn1. The molecule has 7 nitrogen and oxygen atoms in total. The van der Waals surface area contributed by atoms with Crippen molar-refractivity contribution in [3.63, 3.8) is 0 Å². The van der Waals surface area contributed by atoms with Crippen molar-refractivity contribution in [3.8, 4) is 5.88 Å². The van der Waals surface area contributed by atoms with Gasteiger partial charge in [0.1, 0.15) is 0 Å². The number of rotatable bonds is 6. The van der Waals surface area contributed by atoms with E-state index in [4.69, 9.17) is 4.74 Å². The number of nitrogens with zero attached hydrogens (tertiary/aromatic N) is 3. The molecule has 8 heteroatoms. The first-order chi connectivity index (χ1) is 11.7. The van der Waals surface area contributed by atoms with Crippen LogP contribution in [0.25, 0.3) is 0 Å². The number of ether oxygens (including phenoxy) is 1. The Kier molecular flexibility index (Phi) is 5.05. The maximum absolute atomic E-state index is 12.0. The maximum Gasteiger partial charge on any atom is 0.228 e. The Morgan fingerprint density at radius 3 is 3.00 bits per heavy atom. The molecule has 3 rings (SSSR count). The van der Waals surface area contributed by atoms with Crippen molar-refractivity contribution >= 4 is 28.3 Å². The van der Waals surface area contributed by atoms with E-state index in [1.807, 2.05) is 11.4 Å². The van der Waals surface area contributed by atoms with Gasteiger partial charge in [-0.2, -0.15) is 0 Å². The fourth-order valence-electron chi connectivity index (χ4n) is 2.42. The number of carbonyl (C=O) groups is 2. The second-order valence-corrected chi connectivity index (χ2v) is 6.27. The third-order valence-corrected chi connectivity index (χ3v) is 4.59. The normalized spacial score (nSPS) is 14.0. The number of hydrogen-bond donors (Lipinski definition) is 1. The third kappa shape index (κ3) is 3.88. The van der Waals surface area contributed by atoms with Gasteiger partial charge in [-0.3, -0.25) is 14.5 Å². The Balaban J connectivity index is 1.51. The number of pyridine rings is 1. The molecule has 126 valence electrons. The van der Waals surface area contributed by atoms with Crippen LogP contribution >= 0.6 is 11.3 Å². The van der Waals surface area contributed by atoms with Crippen molar-refractivity contribution < 1.29 is 14.3 Å². The highest BCUT2D eigenvalue weighted by molar-refractivity contribution is 7.14. The van der Waals surface area contributed by atoms with Crippen LogP contribution in [0.5, 0.6) is 5.88 Å². The second-order valence-electron chi connectivity index (χ2n) is 5.43. The highest BCUT2D eigenvalue weighted by Gasteiger charge is 2.24. The molecular formula is C16H18N4O3S. The fraction of sp³-hybridized carbons (Fsp3) is 0.375. The zero-order valence-corrected chi connectivity index (χ0v) is 14.1. The van der Waals surface area contributed by atoms with E-state index < -0.39 is 0 Å². The molecule has 24 heavy (non-hydrogen) atoms. The summed E-state index contributed by atoms with van der Waals surface area (Å²) in [5.74, 6) is 0.527. The molecule has 2 amide bonds. The van der Waals surface area contributed by atoms with Gasteiger partial charge in [-0.15, -0.1) is 11.3 Å². The maximum atomic E-state index is 12.0. The Hall–Kier alpha value is -2.48. The molecule has 2 aromatic rings. The number of methoxy groups -OCH3 is 1. The van der Waals surface area contributed by atoms with E-state index in [0.29, 0.717) is 36.2 Å². The smallest absolute Gasteiger partial charge is 0.228 e. The van der Waals surface area contributed by atoms with E-state index in [9.17, 15) is 9.59 Å². The summed E-state index contributed by atoms with van der Waals surface area (Å²) >= 11 is 1.40. The molecule has 1 saturated heterocycles. The number of thiazole rings is 1. The number of anilines is 1. The number of aromatic nitrogens is 2. The molecule has 0 atom stereocenters. The standard InChI is InChI=1S/C16H18N4O3S/c1-23-14-5-4-11(9-18-14)8-17-13(21)7-12-10-24-16(19-12)20-6-2-3-15(20)22/h4-5,9-10H,2-3,6-8H2,1H3,(H,17,21). The number of carbonyl (C=O) groups excluding carboxylic acids is 2. The van der Waals surface area contributed by atoms with Gasteiger partial charge >= 0.3 is 0 Å². The van der Waals surface area contributed by atoms with Crippen LogP contribution in [0.2, 0.25) is 0 Å². The number of amides is 2. The van der Waals surface area contributed by atoms with Crippen LogP contribution < -0.4 is 15.0 Å². The van der Waals surface area contributed by atoms with E-state index in [0.717, 1.165) is 12.0 Å². The molecule has 2 aromatic heterocycles. The molecule has 0 unspecified atom stereocenters. The molecule has 0 bridgehead atoms. The molecule has 1 N–H and O–H groups in total. The van der Waals surface area contributed by atoms with Crippen LogP contribution in [0.3, 0.4) is 0 Å². The van der Waals surface area contributed by atoms with E-state index in [1.54, 1.807) is 24.3 Å². The van der Waals surface area contributed by atoms with Crippen molar-refractivity contribution in [2.75, 3.05) is 18.6 Å². The minimum absolute atomic E-state index is 0.104. The Morgan fingerprint density at radius 2 is 2.33 bits per heavy atom. The molecule has 0 saturated carbocycles. The topological polar surface area (TPSA) is 84.4 Å². The summed E-state index contributed by atoms with van der Waals surface area (Å²) in [4.78, 5) is 33.9. The van der Waals surface area contributed by atoms with Gasteiger partial charge in [-0.05, 0) is 12.0 Å². The Bertz CT molecular complexity index is 729. The summed E-state index contributed by atoms with van der Waals surface area (Å²) < 4.78 is 4.99. The lowest BCUT2D eigenvalue weighted by molar-refractivity contribution is -0.120. The van der Waals surface area contributed by atoms with E-state index >= 15 is 0 Å². The first-order valence-electron chi connectivity index (χ1n) is 7.66. The highest BCUT2D eigenvalue weighted by Crippen LogP contribution is 2.25. The van der Waals surface area contributed by atoms with Crippen molar-refractivity contribution in [1.82, 2.24) is 15.3 Å². The predicted octanol–water partition coefficient (Wildman–Crippen LogP) is 1.53. The number of nitrogens with one attached hydrogen (secondary N) is 1. The molecule has 0 spiro atoms. The van der Waals surface area contributed by atoms with Gasteiger partial charge in [0, 0.05) is 37.2 Å². The molecule has 1 aliphatic rings. The first kappa shape index (κ1) is 16.4. The average Bonchev–Trinajstić information content (AvgIpc) is 3.22. The Labute approximate surface area is 143 Å². The van der Waals surface area contributed by atoms with Gasteiger partial charge in [0.05, 0.1) is 19.2 Å². The average molecular weight is 346 g/mol. The van der Waals surface area contributed by atoms with Gasteiger partial charge in [0.25, 0.3) is 0 Å². The molecule has 1 aliphatic heterocycles. The second kappa shape index (κ2) is 7.39. The largest absolute Gasteiger partial charge is 0.481 e. The molecular weight excluding hydrogens is 328 g/mol. The highest BCUT2D eigenvalue weighted by atomic mass is 32.1. The van der Waals surface area contributed by atoms with Crippen LogP contribution in [0.4, 0.5) is 5.13 Å². The van der Waals surface area contributed by atoms with Gasteiger partial charge in [0.15, 0.2) is 5.13 Å². The van der Waals surface area contributed by atoms with E-state index in [2.05, 4.69) is 15.3 Å². The summed E-state index contributed by atoms with van der Waals surface area (Å²) in [5, 5.41) is 5.35. The minimum atomic E-state index is -0.115. The van der Waals surface area contributed by atoms with Crippen LogP contribution in [0.15, 0.2) is 23.7 Å². The lowest BCUT2D eigenvalue weighted by Gasteiger charge is -2.10. The van der Waals surface area contributed by atoms with Crippen LogP contribution in [-0.4, -0.2) is 35.4 Å². The van der Waals surface area contributed by atoms with Crippen molar-refractivity contribution in [3.05, 3.63) is 35.0 Å². The quantitative estimate of drug-likeness (QED) is 0.857. The van der Waals surface area contributed by atoms with Crippen molar-refractivity contribution in [1.29, 1.82) is 0 Å². The van der Waals surface area contributed by atoms with Crippen LogP contribution in [-0.2, 0) is 22.6 Å². The summed E-state index contributed by atoms with van der Waals surface area (Å²) in [6, 6.07) is 3.60. The Morgan fingerprint density at radius 1 is 1.46 bits per heavy atom. The summed E-state index contributed by atoms with van der Waals surface area (Å²) in [5.41, 5.74) is 1.57. The summed E-state index contributed by atoms with van der Waals surface area (Å²) in [6.45, 7) is 1.11. The third-order valence-electron chi connectivity index (χ3n) is 3.68. The van der Waals surface area contributed by atoms with Gasteiger partial charge in [-0.1, -0.05) is 6.07 Å². The minimum Gasteiger partial charge on any atom is -0.481 e. The molecule has 1 fully saturated rings. The zero-order chi connectivity index (χ0) is 16.9. The van der Waals surface area contributed by atoms with Crippen LogP contribution in [0, 0.1) is 0 Å². The van der Waals surface area contributed by atoms with E-state index in [-0.39, 0.29) is 18.2 Å². The van der Waals surface area contributed by atoms with Gasteiger partial charge in [0.2, 0.25) is 17.7 Å². The van der Waals surface area contributed by atoms with Crippen LogP contribution in [0.1, 0.15) is 24.1 Å². The van der Waals surface area contributed by atoms with Crippen molar-refractivity contribution in [2.45, 2.75) is 25.8 Å². The van der Waals surface area contributed by atoms with Gasteiger partial charge in [-0.25, -0.2) is 9.97 Å². The molecule has 3 heterocycles. The van der Waals surface area contributed by atoms with E-state index in [1.165, 1.54) is 11.3 Å². The zero-order valence-electron chi connectivity index (χ0n) is 13.3. The monoisotopic (exact) mass is 346 g/mol. The summed E-state index contributed by atoms with van der Waals surface area (Å²) in [7, 11) is 1.56. The molecule has 0 aromatic carbocycles. The lowest BCUT2D eigenvalue weighted by Crippen LogP contribution is -2.25.